The zero-order valence-corrected chi connectivity index (χ0v) is 40.3. The van der Waals surface area contributed by atoms with Crippen LogP contribution in [-0.4, -0.2) is 102 Å². The second kappa shape index (κ2) is 21.2. The highest BCUT2D eigenvalue weighted by Gasteiger charge is 2.45. The Morgan fingerprint density at radius 1 is 0.768 bits per heavy atom. The molecule has 0 saturated carbocycles. The number of benzene rings is 4. The van der Waals surface area contributed by atoms with Crippen molar-refractivity contribution in [3.05, 3.63) is 118 Å². The molecule has 2 fully saturated rings. The molecule has 17 heteroatoms. The summed E-state index contributed by atoms with van der Waals surface area (Å²) in [7, 11) is -3.82. The maximum absolute atomic E-state index is 13.5. The molecule has 0 radical (unpaired) electrons. The summed E-state index contributed by atoms with van der Waals surface area (Å²) in [5.74, 6) is -1.31. The van der Waals surface area contributed by atoms with E-state index >= 15 is 0 Å². The minimum absolute atomic E-state index is 0.0103. The number of amides is 6. The SMILES string of the molecule is Cc1cc(C)c(S(=O)(=O)Nc2ccc3c(c2)nc(CCCCCCCNC(=O)CCCC(=O)N2CCN(c4ccc5c(c4)C(=O)N(C4CCC(=O)NC4=O)C5=O)CC2)n3Cc2ccccc2)c(C)c1. The van der Waals surface area contributed by atoms with Gasteiger partial charge in [-0.2, -0.15) is 0 Å². The molecule has 1 unspecified atom stereocenters. The van der Waals surface area contributed by atoms with Gasteiger partial charge in [-0.1, -0.05) is 67.3 Å². The van der Waals surface area contributed by atoms with Gasteiger partial charge in [-0.05, 0) is 99.5 Å². The van der Waals surface area contributed by atoms with Crippen LogP contribution < -0.4 is 20.3 Å². The number of sulfonamides is 1. The Labute approximate surface area is 402 Å². The average Bonchev–Trinajstić information content (AvgIpc) is 3.77. The number of piperazine rings is 1. The Morgan fingerprint density at radius 2 is 1.48 bits per heavy atom. The molecule has 362 valence electrons. The highest BCUT2D eigenvalue weighted by Crippen LogP contribution is 2.32. The summed E-state index contributed by atoms with van der Waals surface area (Å²) in [5, 5.41) is 5.21. The molecule has 69 heavy (non-hydrogen) atoms. The van der Waals surface area contributed by atoms with Crippen LogP contribution in [0.25, 0.3) is 11.0 Å². The number of carbonyl (C=O) groups excluding carboxylic acids is 6. The van der Waals surface area contributed by atoms with Crippen molar-refractivity contribution in [3.8, 4) is 0 Å². The zero-order chi connectivity index (χ0) is 48.8. The molecule has 4 heterocycles. The van der Waals surface area contributed by atoms with Gasteiger partial charge in [0.25, 0.3) is 21.8 Å². The van der Waals surface area contributed by atoms with Gasteiger partial charge in [0, 0.05) is 70.6 Å². The fraction of sp³-hybridized carbons (Fsp3) is 0.404. The standard InChI is InChI=1S/C52H60N8O8S/c1-34-29-35(2)49(36(3)30-34)69(67,68)56-38-18-21-43-42(31-38)54-45(59(43)33-37-13-8-7-9-14-37)15-10-5-4-6-11-24-53-46(61)16-12-17-48(63)58-27-25-57(26-28-58)39-19-20-40-41(32-39)52(66)60(51(40)65)44-22-23-47(62)55-50(44)64/h7-9,13-14,18-21,29-32,44,56H,4-6,10-12,15-17,22-28,33H2,1-3H3,(H,53,61)(H,55,62,64). The van der Waals surface area contributed by atoms with E-state index < -0.39 is 39.7 Å². The lowest BCUT2D eigenvalue weighted by Crippen LogP contribution is -2.54. The van der Waals surface area contributed by atoms with Crippen LogP contribution in [0.1, 0.15) is 113 Å². The third kappa shape index (κ3) is 11.2. The summed E-state index contributed by atoms with van der Waals surface area (Å²) < 4.78 is 32.1. The molecule has 4 aromatic carbocycles. The van der Waals surface area contributed by atoms with Crippen molar-refractivity contribution in [2.75, 3.05) is 42.3 Å². The number of imidazole rings is 1. The molecule has 2 saturated heterocycles. The number of aryl methyl sites for hydroxylation is 4. The Morgan fingerprint density at radius 3 is 2.22 bits per heavy atom. The van der Waals surface area contributed by atoms with Crippen LogP contribution in [0, 0.1) is 20.8 Å². The van der Waals surface area contributed by atoms with Gasteiger partial charge in [0.15, 0.2) is 0 Å². The second-order valence-corrected chi connectivity index (χ2v) is 20.0. The minimum atomic E-state index is -3.82. The van der Waals surface area contributed by atoms with Crippen LogP contribution in [0.4, 0.5) is 11.4 Å². The van der Waals surface area contributed by atoms with Crippen molar-refractivity contribution < 1.29 is 37.2 Å². The van der Waals surface area contributed by atoms with E-state index in [9.17, 15) is 37.2 Å². The normalized spacial score (nSPS) is 16.3. The number of unbranched alkanes of at least 4 members (excludes halogenated alkanes) is 4. The molecular weight excluding hydrogens is 897 g/mol. The maximum atomic E-state index is 13.5. The number of anilines is 2. The highest BCUT2D eigenvalue weighted by atomic mass is 32.2. The quantitative estimate of drug-likeness (QED) is 0.0620. The highest BCUT2D eigenvalue weighted by molar-refractivity contribution is 7.92. The summed E-state index contributed by atoms with van der Waals surface area (Å²) in [6.45, 7) is 8.83. The van der Waals surface area contributed by atoms with Crippen molar-refractivity contribution in [2.45, 2.75) is 109 Å². The third-order valence-electron chi connectivity index (χ3n) is 13.3. The molecule has 5 aromatic rings. The van der Waals surface area contributed by atoms with Crippen molar-refractivity contribution in [2.24, 2.45) is 0 Å². The molecule has 0 bridgehead atoms. The number of carbonyl (C=O) groups is 6. The number of piperidine rings is 1. The summed E-state index contributed by atoms with van der Waals surface area (Å²) in [6, 6.07) is 23.5. The summed E-state index contributed by atoms with van der Waals surface area (Å²) >= 11 is 0. The average molecular weight is 957 g/mol. The van der Waals surface area contributed by atoms with Gasteiger partial charge in [-0.3, -0.25) is 43.7 Å². The van der Waals surface area contributed by atoms with Crippen LogP contribution in [-0.2, 0) is 42.2 Å². The van der Waals surface area contributed by atoms with Crippen LogP contribution in [0.15, 0.2) is 83.8 Å². The van der Waals surface area contributed by atoms with Crippen molar-refractivity contribution in [3.63, 3.8) is 0 Å². The zero-order valence-electron chi connectivity index (χ0n) is 39.5. The van der Waals surface area contributed by atoms with Crippen LogP contribution >= 0.6 is 0 Å². The van der Waals surface area contributed by atoms with Gasteiger partial charge in [-0.25, -0.2) is 13.4 Å². The molecule has 8 rings (SSSR count). The lowest BCUT2D eigenvalue weighted by Gasteiger charge is -2.36. The van der Waals surface area contributed by atoms with E-state index in [4.69, 9.17) is 4.98 Å². The van der Waals surface area contributed by atoms with Crippen LogP contribution in [0.2, 0.25) is 0 Å². The van der Waals surface area contributed by atoms with Crippen LogP contribution in [0.5, 0.6) is 0 Å². The number of imide groups is 2. The Balaban J connectivity index is 0.733. The Hall–Kier alpha value is -6.88. The lowest BCUT2D eigenvalue weighted by molar-refractivity contribution is -0.136. The number of fused-ring (bicyclic) bond motifs is 2. The first-order valence-corrected chi connectivity index (χ1v) is 25.4. The monoisotopic (exact) mass is 956 g/mol. The second-order valence-electron chi connectivity index (χ2n) is 18.4. The van der Waals surface area contributed by atoms with E-state index in [0.717, 1.165) is 77.1 Å². The van der Waals surface area contributed by atoms with Gasteiger partial charge in [-0.15, -0.1) is 0 Å². The van der Waals surface area contributed by atoms with E-state index in [0.29, 0.717) is 67.4 Å². The first kappa shape index (κ1) is 48.6. The lowest BCUT2D eigenvalue weighted by atomic mass is 10.0. The number of nitrogens with one attached hydrogen (secondary N) is 3. The van der Waals surface area contributed by atoms with E-state index in [1.54, 1.807) is 29.2 Å². The minimum Gasteiger partial charge on any atom is -0.368 e. The fourth-order valence-corrected chi connectivity index (χ4v) is 11.4. The molecule has 6 amide bonds. The fourth-order valence-electron chi connectivity index (χ4n) is 9.86. The summed E-state index contributed by atoms with van der Waals surface area (Å²) in [4.78, 5) is 86.2. The number of hydrogen-bond donors (Lipinski definition) is 3. The predicted molar refractivity (Wildman–Crippen MR) is 262 cm³/mol. The molecule has 0 aliphatic carbocycles. The largest absolute Gasteiger partial charge is 0.368 e. The Bertz CT molecular complexity index is 2890. The van der Waals surface area contributed by atoms with Gasteiger partial charge >= 0.3 is 0 Å². The van der Waals surface area contributed by atoms with Crippen molar-refractivity contribution in [1.29, 1.82) is 0 Å². The molecule has 3 N–H and O–H groups in total. The summed E-state index contributed by atoms with van der Waals surface area (Å²) in [5.41, 5.74) is 6.89. The smallest absolute Gasteiger partial charge is 0.262 e. The predicted octanol–water partition coefficient (Wildman–Crippen LogP) is 6.34. The van der Waals surface area contributed by atoms with Crippen molar-refractivity contribution >= 4 is 67.9 Å². The first-order chi connectivity index (χ1) is 33.2. The van der Waals surface area contributed by atoms with E-state index in [1.165, 1.54) is 0 Å². The molecular formula is C52H60N8O8S. The van der Waals surface area contributed by atoms with Gasteiger partial charge in [0.2, 0.25) is 23.6 Å². The molecule has 0 spiro atoms. The number of nitrogens with zero attached hydrogens (tertiary/aromatic N) is 5. The maximum Gasteiger partial charge on any atom is 0.262 e. The summed E-state index contributed by atoms with van der Waals surface area (Å²) in [6.07, 6.45) is 6.67. The van der Waals surface area contributed by atoms with Crippen molar-refractivity contribution in [1.82, 2.24) is 30.0 Å². The number of rotatable bonds is 19. The molecule has 3 aliphatic heterocycles. The number of hydrogen-bond acceptors (Lipinski definition) is 10. The molecule has 16 nitrogen and oxygen atoms in total. The first-order valence-electron chi connectivity index (χ1n) is 24.0. The van der Waals surface area contributed by atoms with E-state index in [2.05, 4.69) is 37.0 Å². The van der Waals surface area contributed by atoms with Gasteiger partial charge < -0.3 is 19.7 Å². The molecule has 1 aromatic heterocycles. The van der Waals surface area contributed by atoms with E-state index in [-0.39, 0.29) is 48.6 Å². The van der Waals surface area contributed by atoms with Gasteiger partial charge in [0.1, 0.15) is 11.9 Å². The van der Waals surface area contributed by atoms with Crippen LogP contribution in [0.3, 0.4) is 0 Å². The topological polar surface area (TPSA) is 200 Å². The third-order valence-corrected chi connectivity index (χ3v) is 14.9. The molecule has 1 atom stereocenters. The van der Waals surface area contributed by atoms with E-state index in [1.807, 2.05) is 63.2 Å². The molecule has 3 aliphatic rings. The Kier molecular flexibility index (Phi) is 14.9. The number of aromatic nitrogens is 2. The van der Waals surface area contributed by atoms with Gasteiger partial charge in [0.05, 0.1) is 32.7 Å².